The zero-order valence-electron chi connectivity index (χ0n) is 11.8. The van der Waals surface area contributed by atoms with Gasteiger partial charge in [-0.1, -0.05) is 47.0 Å². The molecule has 4 heteroatoms. The molecule has 0 spiro atoms. The number of benzene rings is 2. The molecule has 0 saturated heterocycles. The van der Waals surface area contributed by atoms with Crippen molar-refractivity contribution in [3.05, 3.63) is 68.2 Å². The van der Waals surface area contributed by atoms with Gasteiger partial charge in [0.2, 0.25) is 0 Å². The average molecular weight is 309 g/mol. The second kappa shape index (κ2) is 6.15. The summed E-state index contributed by atoms with van der Waals surface area (Å²) < 4.78 is 0. The quantitative estimate of drug-likeness (QED) is 0.648. The van der Waals surface area contributed by atoms with Gasteiger partial charge in [-0.3, -0.25) is 5.84 Å². The van der Waals surface area contributed by atoms with Crippen LogP contribution in [0.2, 0.25) is 10.0 Å². The van der Waals surface area contributed by atoms with E-state index in [9.17, 15) is 0 Å². The fourth-order valence-electron chi connectivity index (χ4n) is 2.68. The third-order valence-electron chi connectivity index (χ3n) is 3.47. The first-order valence-electron chi connectivity index (χ1n) is 6.43. The lowest BCUT2D eigenvalue weighted by atomic mass is 9.90. The largest absolute Gasteiger partial charge is 0.271 e. The van der Waals surface area contributed by atoms with Gasteiger partial charge < -0.3 is 0 Å². The number of hydrogen-bond donors (Lipinski definition) is 2. The van der Waals surface area contributed by atoms with E-state index in [1.54, 1.807) is 6.07 Å². The summed E-state index contributed by atoms with van der Waals surface area (Å²) >= 11 is 12.1. The molecule has 0 aromatic heterocycles. The van der Waals surface area contributed by atoms with Crippen LogP contribution in [0.1, 0.15) is 33.9 Å². The lowest BCUT2D eigenvalue weighted by Gasteiger charge is -2.22. The van der Waals surface area contributed by atoms with Crippen molar-refractivity contribution in [2.24, 2.45) is 5.84 Å². The molecule has 0 saturated carbocycles. The molecule has 0 fully saturated rings. The molecule has 0 aliphatic heterocycles. The van der Waals surface area contributed by atoms with E-state index >= 15 is 0 Å². The van der Waals surface area contributed by atoms with Crippen molar-refractivity contribution in [3.8, 4) is 0 Å². The van der Waals surface area contributed by atoms with Crippen molar-refractivity contribution >= 4 is 23.2 Å². The van der Waals surface area contributed by atoms with E-state index in [0.29, 0.717) is 10.0 Å². The van der Waals surface area contributed by atoms with E-state index in [0.717, 1.165) is 5.56 Å². The second-order valence-corrected chi connectivity index (χ2v) is 5.90. The highest BCUT2D eigenvalue weighted by Crippen LogP contribution is 2.31. The number of nitrogens with two attached hydrogens (primary N) is 1. The van der Waals surface area contributed by atoms with Gasteiger partial charge in [-0.2, -0.15) is 0 Å². The van der Waals surface area contributed by atoms with Crippen LogP contribution >= 0.6 is 23.2 Å². The van der Waals surface area contributed by atoms with Crippen LogP contribution in [0.15, 0.2) is 30.3 Å². The van der Waals surface area contributed by atoms with Crippen LogP contribution in [0.3, 0.4) is 0 Å². The number of rotatable bonds is 3. The highest BCUT2D eigenvalue weighted by atomic mass is 35.5. The Morgan fingerprint density at radius 1 is 0.950 bits per heavy atom. The SMILES string of the molecule is Cc1cc(C)c(C(NN)c2ccc(Cl)c(Cl)c2)c(C)c1. The third kappa shape index (κ3) is 2.99. The molecule has 1 atom stereocenters. The molecule has 20 heavy (non-hydrogen) atoms. The Morgan fingerprint density at radius 2 is 1.55 bits per heavy atom. The summed E-state index contributed by atoms with van der Waals surface area (Å²) in [5.41, 5.74) is 8.71. The topological polar surface area (TPSA) is 38.0 Å². The van der Waals surface area contributed by atoms with Crippen molar-refractivity contribution in [1.29, 1.82) is 0 Å². The van der Waals surface area contributed by atoms with Gasteiger partial charge in [0, 0.05) is 0 Å². The molecular weight excluding hydrogens is 291 g/mol. The van der Waals surface area contributed by atoms with Crippen molar-refractivity contribution in [3.63, 3.8) is 0 Å². The van der Waals surface area contributed by atoms with Crippen LogP contribution in [0.25, 0.3) is 0 Å². The first-order chi connectivity index (χ1) is 9.43. The molecule has 0 radical (unpaired) electrons. The monoisotopic (exact) mass is 308 g/mol. The zero-order chi connectivity index (χ0) is 14.9. The Bertz CT molecular complexity index is 615. The Kier molecular flexibility index (Phi) is 4.71. The molecule has 0 bridgehead atoms. The van der Waals surface area contributed by atoms with Crippen LogP contribution in [0, 0.1) is 20.8 Å². The Hall–Kier alpha value is -1.06. The zero-order valence-corrected chi connectivity index (χ0v) is 13.3. The molecular formula is C16H18Cl2N2. The van der Waals surface area contributed by atoms with Crippen molar-refractivity contribution < 1.29 is 0 Å². The predicted molar refractivity (Wildman–Crippen MR) is 86.3 cm³/mol. The minimum Gasteiger partial charge on any atom is -0.271 e. The van der Waals surface area contributed by atoms with Crippen LogP contribution in [0.5, 0.6) is 0 Å². The molecule has 2 nitrogen and oxygen atoms in total. The standard InChI is InChI=1S/C16H18Cl2N2/c1-9-6-10(2)15(11(3)7-9)16(20-19)12-4-5-13(17)14(18)8-12/h4-8,16,20H,19H2,1-3H3. The lowest BCUT2D eigenvalue weighted by molar-refractivity contribution is 0.630. The molecule has 2 rings (SSSR count). The van der Waals surface area contributed by atoms with E-state index in [4.69, 9.17) is 29.0 Å². The first-order valence-corrected chi connectivity index (χ1v) is 7.18. The maximum absolute atomic E-state index is 6.11. The first kappa shape index (κ1) is 15.3. The molecule has 0 aliphatic carbocycles. The average Bonchev–Trinajstić information content (AvgIpc) is 2.37. The predicted octanol–water partition coefficient (Wildman–Crippen LogP) is 4.47. The van der Waals surface area contributed by atoms with Gasteiger partial charge in [-0.05, 0) is 55.2 Å². The highest BCUT2D eigenvalue weighted by molar-refractivity contribution is 6.42. The normalized spacial score (nSPS) is 12.5. The summed E-state index contributed by atoms with van der Waals surface area (Å²) in [4.78, 5) is 0. The number of hydrogen-bond acceptors (Lipinski definition) is 2. The van der Waals surface area contributed by atoms with Gasteiger partial charge >= 0.3 is 0 Å². The molecule has 0 heterocycles. The Balaban J connectivity index is 2.55. The molecule has 0 aliphatic rings. The Labute approximate surface area is 129 Å². The van der Waals surface area contributed by atoms with E-state index in [2.05, 4.69) is 38.3 Å². The van der Waals surface area contributed by atoms with Crippen molar-refractivity contribution in [1.82, 2.24) is 5.43 Å². The van der Waals surface area contributed by atoms with Gasteiger partial charge in [0.15, 0.2) is 0 Å². The maximum atomic E-state index is 6.11. The molecule has 1 unspecified atom stereocenters. The van der Waals surface area contributed by atoms with Crippen LogP contribution in [-0.4, -0.2) is 0 Å². The van der Waals surface area contributed by atoms with Crippen LogP contribution in [0.4, 0.5) is 0 Å². The summed E-state index contributed by atoms with van der Waals surface area (Å²) in [6.45, 7) is 6.28. The van der Waals surface area contributed by atoms with E-state index in [-0.39, 0.29) is 6.04 Å². The summed E-state index contributed by atoms with van der Waals surface area (Å²) in [6, 6.07) is 9.80. The third-order valence-corrected chi connectivity index (χ3v) is 4.21. The van der Waals surface area contributed by atoms with E-state index in [1.807, 2.05) is 12.1 Å². The summed E-state index contributed by atoms with van der Waals surface area (Å²) in [7, 11) is 0. The van der Waals surface area contributed by atoms with Crippen LogP contribution < -0.4 is 11.3 Å². The minimum atomic E-state index is -0.106. The molecule has 0 amide bonds. The van der Waals surface area contributed by atoms with E-state index < -0.39 is 0 Å². The van der Waals surface area contributed by atoms with Crippen LogP contribution in [-0.2, 0) is 0 Å². The highest BCUT2D eigenvalue weighted by Gasteiger charge is 2.18. The van der Waals surface area contributed by atoms with Crippen molar-refractivity contribution in [2.75, 3.05) is 0 Å². The number of nitrogens with one attached hydrogen (secondary N) is 1. The minimum absolute atomic E-state index is 0.106. The fourth-order valence-corrected chi connectivity index (χ4v) is 2.99. The van der Waals surface area contributed by atoms with Gasteiger partial charge in [0.05, 0.1) is 16.1 Å². The fraction of sp³-hybridized carbons (Fsp3) is 0.250. The lowest BCUT2D eigenvalue weighted by Crippen LogP contribution is -2.30. The summed E-state index contributed by atoms with van der Waals surface area (Å²) in [5, 5.41) is 1.08. The maximum Gasteiger partial charge on any atom is 0.0715 e. The van der Waals surface area contributed by atoms with Gasteiger partial charge in [-0.15, -0.1) is 0 Å². The van der Waals surface area contributed by atoms with Gasteiger partial charge in [-0.25, -0.2) is 5.43 Å². The smallest absolute Gasteiger partial charge is 0.0715 e. The van der Waals surface area contributed by atoms with Crippen molar-refractivity contribution in [2.45, 2.75) is 26.8 Å². The Morgan fingerprint density at radius 3 is 2.05 bits per heavy atom. The number of aryl methyl sites for hydroxylation is 3. The van der Waals surface area contributed by atoms with Gasteiger partial charge in [0.25, 0.3) is 0 Å². The molecule has 2 aromatic carbocycles. The molecule has 2 aromatic rings. The molecule has 3 N–H and O–H groups in total. The summed E-state index contributed by atoms with van der Waals surface area (Å²) in [5.74, 6) is 5.77. The number of hydrazine groups is 1. The van der Waals surface area contributed by atoms with E-state index in [1.165, 1.54) is 22.3 Å². The second-order valence-electron chi connectivity index (χ2n) is 5.09. The summed E-state index contributed by atoms with van der Waals surface area (Å²) in [6.07, 6.45) is 0. The molecule has 106 valence electrons. The number of halogens is 2. The van der Waals surface area contributed by atoms with Gasteiger partial charge in [0.1, 0.15) is 0 Å².